The predicted molar refractivity (Wildman–Crippen MR) is 124 cm³/mol. The number of amides is 1. The van der Waals surface area contributed by atoms with Gasteiger partial charge in [0.05, 0.1) is 23.2 Å². The van der Waals surface area contributed by atoms with E-state index in [1.54, 1.807) is 11.3 Å². The highest BCUT2D eigenvalue weighted by Crippen LogP contribution is 2.29. The molecular weight excluding hydrogens is 406 g/mol. The molecule has 5 nitrogen and oxygen atoms in total. The van der Waals surface area contributed by atoms with Crippen molar-refractivity contribution in [3.8, 4) is 5.75 Å². The number of rotatable bonds is 10. The SMILES string of the molecule is CCN(CC)CCN(C(=O)CCOc1ccccc1)c1nc2ccccc2s1.Cl. The summed E-state index contributed by atoms with van der Waals surface area (Å²) in [6.07, 6.45) is 0.322. The minimum Gasteiger partial charge on any atom is -0.493 e. The maximum atomic E-state index is 13.0. The van der Waals surface area contributed by atoms with Crippen LogP contribution in [0.4, 0.5) is 5.13 Å². The zero-order valence-electron chi connectivity index (χ0n) is 16.9. The molecule has 0 radical (unpaired) electrons. The van der Waals surface area contributed by atoms with Crippen LogP contribution >= 0.6 is 23.7 Å². The fourth-order valence-electron chi connectivity index (χ4n) is 2.99. The van der Waals surface area contributed by atoms with Crippen LogP contribution in [0.2, 0.25) is 0 Å². The van der Waals surface area contributed by atoms with E-state index in [1.807, 2.05) is 59.5 Å². The Bertz CT molecular complexity index is 851. The van der Waals surface area contributed by atoms with Crippen molar-refractivity contribution in [2.45, 2.75) is 20.3 Å². The molecule has 0 aliphatic rings. The van der Waals surface area contributed by atoms with E-state index in [1.165, 1.54) is 0 Å². The second-order valence-corrected chi connectivity index (χ2v) is 7.46. The Labute approximate surface area is 182 Å². The molecule has 0 fully saturated rings. The molecule has 1 aromatic heterocycles. The zero-order valence-corrected chi connectivity index (χ0v) is 18.5. The Kier molecular flexibility index (Phi) is 9.38. The van der Waals surface area contributed by atoms with Crippen molar-refractivity contribution >= 4 is 45.0 Å². The number of anilines is 1. The number of thiazole rings is 1. The molecule has 29 heavy (non-hydrogen) atoms. The van der Waals surface area contributed by atoms with Crippen molar-refractivity contribution < 1.29 is 9.53 Å². The predicted octanol–water partition coefficient (Wildman–Crippen LogP) is 4.86. The molecular formula is C22H28ClN3O2S. The molecule has 0 bridgehead atoms. The first-order valence-electron chi connectivity index (χ1n) is 9.77. The van der Waals surface area contributed by atoms with E-state index in [2.05, 4.69) is 18.7 Å². The van der Waals surface area contributed by atoms with Crippen LogP contribution < -0.4 is 9.64 Å². The van der Waals surface area contributed by atoms with Crippen LogP contribution in [0.3, 0.4) is 0 Å². The zero-order chi connectivity index (χ0) is 19.8. The number of carbonyl (C=O) groups is 1. The van der Waals surface area contributed by atoms with Gasteiger partial charge in [-0.2, -0.15) is 0 Å². The Hall–Kier alpha value is -2.15. The van der Waals surface area contributed by atoms with Gasteiger partial charge in [-0.1, -0.05) is 55.5 Å². The van der Waals surface area contributed by atoms with Crippen molar-refractivity contribution in [1.29, 1.82) is 0 Å². The molecule has 7 heteroatoms. The number of ether oxygens (including phenoxy) is 1. The topological polar surface area (TPSA) is 45.7 Å². The highest BCUT2D eigenvalue weighted by Gasteiger charge is 2.20. The van der Waals surface area contributed by atoms with Gasteiger partial charge in [-0.05, 0) is 37.4 Å². The summed E-state index contributed by atoms with van der Waals surface area (Å²) in [6, 6.07) is 17.6. The van der Waals surface area contributed by atoms with Crippen LogP contribution in [-0.4, -0.2) is 48.6 Å². The van der Waals surface area contributed by atoms with Gasteiger partial charge in [-0.3, -0.25) is 9.69 Å². The Morgan fingerprint density at radius 3 is 2.38 bits per heavy atom. The van der Waals surface area contributed by atoms with Gasteiger partial charge in [-0.15, -0.1) is 12.4 Å². The van der Waals surface area contributed by atoms with Crippen molar-refractivity contribution in [2.24, 2.45) is 0 Å². The highest BCUT2D eigenvalue weighted by molar-refractivity contribution is 7.22. The van der Waals surface area contributed by atoms with Gasteiger partial charge in [0.25, 0.3) is 0 Å². The normalized spacial score (nSPS) is 10.7. The lowest BCUT2D eigenvalue weighted by Crippen LogP contribution is -2.39. The van der Waals surface area contributed by atoms with Crippen molar-refractivity contribution in [3.05, 3.63) is 54.6 Å². The number of halogens is 1. The van der Waals surface area contributed by atoms with Crippen molar-refractivity contribution in [2.75, 3.05) is 37.7 Å². The molecule has 156 valence electrons. The second kappa shape index (κ2) is 11.8. The summed E-state index contributed by atoms with van der Waals surface area (Å²) in [6.45, 7) is 8.03. The van der Waals surface area contributed by atoms with E-state index < -0.39 is 0 Å². The number of nitrogens with zero attached hydrogens (tertiary/aromatic N) is 3. The Balaban J connectivity index is 0.00000300. The lowest BCUT2D eigenvalue weighted by Gasteiger charge is -2.24. The van der Waals surface area contributed by atoms with Crippen LogP contribution in [0.25, 0.3) is 10.2 Å². The third kappa shape index (κ3) is 6.42. The minimum absolute atomic E-state index is 0. The number of para-hydroxylation sites is 2. The smallest absolute Gasteiger partial charge is 0.232 e. The first-order valence-corrected chi connectivity index (χ1v) is 10.6. The Morgan fingerprint density at radius 1 is 1.00 bits per heavy atom. The number of hydrogen-bond donors (Lipinski definition) is 0. The van der Waals surface area contributed by atoms with E-state index in [9.17, 15) is 4.79 Å². The molecule has 1 heterocycles. The summed E-state index contributed by atoms with van der Waals surface area (Å²) in [4.78, 5) is 21.8. The molecule has 2 aromatic carbocycles. The van der Waals surface area contributed by atoms with Crippen LogP contribution in [0.1, 0.15) is 20.3 Å². The van der Waals surface area contributed by atoms with Crippen molar-refractivity contribution in [3.63, 3.8) is 0 Å². The quantitative estimate of drug-likeness (QED) is 0.458. The number of aromatic nitrogens is 1. The van der Waals surface area contributed by atoms with Gasteiger partial charge < -0.3 is 9.64 Å². The van der Waals surface area contributed by atoms with Gasteiger partial charge in [0, 0.05) is 13.1 Å². The third-order valence-corrected chi connectivity index (χ3v) is 5.74. The van der Waals surface area contributed by atoms with E-state index in [0.29, 0.717) is 19.6 Å². The fourth-order valence-corrected chi connectivity index (χ4v) is 4.00. The van der Waals surface area contributed by atoms with Crippen LogP contribution in [0, 0.1) is 0 Å². The lowest BCUT2D eigenvalue weighted by molar-refractivity contribution is -0.119. The largest absolute Gasteiger partial charge is 0.493 e. The summed E-state index contributed by atoms with van der Waals surface area (Å²) < 4.78 is 6.81. The molecule has 0 saturated carbocycles. The van der Waals surface area contributed by atoms with Crippen LogP contribution in [-0.2, 0) is 4.79 Å². The second-order valence-electron chi connectivity index (χ2n) is 6.45. The first-order chi connectivity index (χ1) is 13.7. The lowest BCUT2D eigenvalue weighted by atomic mass is 10.3. The standard InChI is InChI=1S/C22H27N3O2S.ClH/c1-3-24(4-2)15-16-25(22-23-19-12-8-9-13-20(19)28-22)21(26)14-17-27-18-10-6-5-7-11-18;/h5-13H,3-4,14-17H2,1-2H3;1H. The average molecular weight is 434 g/mol. The van der Waals surface area contributed by atoms with E-state index in [0.717, 1.165) is 40.7 Å². The first kappa shape index (κ1) is 23.1. The maximum Gasteiger partial charge on any atom is 0.232 e. The molecule has 0 spiro atoms. The molecule has 0 atom stereocenters. The number of carbonyl (C=O) groups excluding carboxylic acids is 1. The number of hydrogen-bond acceptors (Lipinski definition) is 5. The molecule has 1 amide bonds. The number of likely N-dealkylation sites (N-methyl/N-ethyl adjacent to an activating group) is 1. The summed E-state index contributed by atoms with van der Waals surface area (Å²) in [5.74, 6) is 0.826. The Morgan fingerprint density at radius 2 is 1.69 bits per heavy atom. The summed E-state index contributed by atoms with van der Waals surface area (Å²) in [5, 5.41) is 0.762. The minimum atomic E-state index is 0. The van der Waals surface area contributed by atoms with Gasteiger partial charge in [0.15, 0.2) is 5.13 Å². The third-order valence-electron chi connectivity index (χ3n) is 4.68. The molecule has 3 aromatic rings. The highest BCUT2D eigenvalue weighted by atomic mass is 35.5. The van der Waals surface area contributed by atoms with Gasteiger partial charge in [0.2, 0.25) is 5.91 Å². The molecule has 0 unspecified atom stereocenters. The average Bonchev–Trinajstić information content (AvgIpc) is 3.15. The van der Waals surface area contributed by atoms with Crippen LogP contribution in [0.5, 0.6) is 5.75 Å². The molecule has 0 saturated heterocycles. The van der Waals surface area contributed by atoms with Gasteiger partial charge in [0.1, 0.15) is 5.75 Å². The van der Waals surface area contributed by atoms with Crippen molar-refractivity contribution in [1.82, 2.24) is 9.88 Å². The van der Waals surface area contributed by atoms with E-state index in [4.69, 9.17) is 9.72 Å². The van der Waals surface area contributed by atoms with Gasteiger partial charge >= 0.3 is 0 Å². The number of benzene rings is 2. The van der Waals surface area contributed by atoms with Crippen LogP contribution in [0.15, 0.2) is 54.6 Å². The maximum absolute atomic E-state index is 13.0. The van der Waals surface area contributed by atoms with Gasteiger partial charge in [-0.25, -0.2) is 4.98 Å². The van der Waals surface area contributed by atoms with E-state index in [-0.39, 0.29) is 18.3 Å². The molecule has 3 rings (SSSR count). The fraction of sp³-hybridized carbons (Fsp3) is 0.364. The monoisotopic (exact) mass is 433 g/mol. The molecule has 0 aliphatic heterocycles. The summed E-state index contributed by atoms with van der Waals surface area (Å²) in [7, 11) is 0. The summed E-state index contributed by atoms with van der Waals surface area (Å²) >= 11 is 1.57. The summed E-state index contributed by atoms with van der Waals surface area (Å²) in [5.41, 5.74) is 0.934. The van der Waals surface area contributed by atoms with E-state index >= 15 is 0 Å². The number of fused-ring (bicyclic) bond motifs is 1. The molecule has 0 N–H and O–H groups in total. The molecule has 0 aliphatic carbocycles.